The van der Waals surface area contributed by atoms with E-state index in [9.17, 15) is 4.79 Å². The first-order valence-electron chi connectivity index (χ1n) is 5.50. The molecule has 1 aromatic carbocycles. The number of carbonyl (C=O) groups excluding carboxylic acids is 1. The SMILES string of the molecule is O=C(CBr)Nc1cccc(N2CCCC2)c1. The fourth-order valence-electron chi connectivity index (χ4n) is 1.95. The molecule has 0 atom stereocenters. The summed E-state index contributed by atoms with van der Waals surface area (Å²) in [5, 5.41) is 3.18. The molecule has 3 nitrogen and oxygen atoms in total. The molecule has 1 aliphatic rings. The summed E-state index contributed by atoms with van der Waals surface area (Å²) in [6.45, 7) is 2.24. The maximum absolute atomic E-state index is 11.2. The Balaban J connectivity index is 2.09. The molecule has 1 aliphatic heterocycles. The molecule has 1 fully saturated rings. The van der Waals surface area contributed by atoms with E-state index in [1.165, 1.54) is 18.5 Å². The Morgan fingerprint density at radius 3 is 2.81 bits per heavy atom. The Kier molecular flexibility index (Phi) is 3.83. The van der Waals surface area contributed by atoms with Crippen LogP contribution >= 0.6 is 15.9 Å². The van der Waals surface area contributed by atoms with Gasteiger partial charge in [0.05, 0.1) is 5.33 Å². The van der Waals surface area contributed by atoms with Gasteiger partial charge in [0.25, 0.3) is 0 Å². The Hall–Kier alpha value is -1.03. The number of halogens is 1. The molecule has 0 saturated carbocycles. The van der Waals surface area contributed by atoms with Gasteiger partial charge in [0.1, 0.15) is 0 Å². The van der Waals surface area contributed by atoms with E-state index < -0.39 is 0 Å². The highest BCUT2D eigenvalue weighted by Gasteiger charge is 2.12. The van der Waals surface area contributed by atoms with Gasteiger partial charge in [-0.25, -0.2) is 0 Å². The largest absolute Gasteiger partial charge is 0.371 e. The highest BCUT2D eigenvalue weighted by Crippen LogP contribution is 2.23. The molecule has 0 aliphatic carbocycles. The van der Waals surface area contributed by atoms with Crippen LogP contribution in [0, 0.1) is 0 Å². The predicted octanol–water partition coefficient (Wildman–Crippen LogP) is 2.62. The van der Waals surface area contributed by atoms with E-state index in [0.717, 1.165) is 18.8 Å². The lowest BCUT2D eigenvalue weighted by Gasteiger charge is -2.18. The zero-order valence-corrected chi connectivity index (χ0v) is 10.7. The number of hydrogen-bond donors (Lipinski definition) is 1. The van der Waals surface area contributed by atoms with Gasteiger partial charge < -0.3 is 10.2 Å². The monoisotopic (exact) mass is 282 g/mol. The van der Waals surface area contributed by atoms with Crippen molar-refractivity contribution in [1.82, 2.24) is 0 Å². The first kappa shape index (κ1) is 11.5. The predicted molar refractivity (Wildman–Crippen MR) is 70.3 cm³/mol. The summed E-state index contributed by atoms with van der Waals surface area (Å²) in [6, 6.07) is 8.03. The summed E-state index contributed by atoms with van der Waals surface area (Å²) in [5.74, 6) is -0.0152. The number of nitrogens with one attached hydrogen (secondary N) is 1. The fraction of sp³-hybridized carbons (Fsp3) is 0.417. The molecular formula is C12H15BrN2O. The third-order valence-electron chi connectivity index (χ3n) is 2.72. The second kappa shape index (κ2) is 5.34. The van der Waals surface area contributed by atoms with Crippen LogP contribution in [-0.4, -0.2) is 24.3 Å². The zero-order chi connectivity index (χ0) is 11.4. The minimum atomic E-state index is -0.0152. The van der Waals surface area contributed by atoms with Crippen molar-refractivity contribution >= 4 is 33.2 Å². The summed E-state index contributed by atoms with van der Waals surface area (Å²) in [4.78, 5) is 13.6. The van der Waals surface area contributed by atoms with Gasteiger partial charge in [-0.3, -0.25) is 4.79 Å². The lowest BCUT2D eigenvalue weighted by molar-refractivity contribution is -0.113. The molecule has 2 rings (SSSR count). The number of anilines is 2. The van der Waals surface area contributed by atoms with E-state index in [1.807, 2.05) is 18.2 Å². The highest BCUT2D eigenvalue weighted by atomic mass is 79.9. The van der Waals surface area contributed by atoms with Crippen LogP contribution in [0.25, 0.3) is 0 Å². The van der Waals surface area contributed by atoms with Gasteiger partial charge in [-0.15, -0.1) is 0 Å². The fourth-order valence-corrected chi connectivity index (χ4v) is 2.09. The van der Waals surface area contributed by atoms with Crippen LogP contribution in [0.1, 0.15) is 12.8 Å². The number of carbonyl (C=O) groups is 1. The molecular weight excluding hydrogens is 268 g/mol. The molecule has 0 radical (unpaired) electrons. The molecule has 1 amide bonds. The van der Waals surface area contributed by atoms with Crippen molar-refractivity contribution in [1.29, 1.82) is 0 Å². The molecule has 0 unspecified atom stereocenters. The number of benzene rings is 1. The second-order valence-corrected chi connectivity index (χ2v) is 4.49. The van der Waals surface area contributed by atoms with Crippen LogP contribution in [-0.2, 0) is 4.79 Å². The van der Waals surface area contributed by atoms with Crippen LogP contribution < -0.4 is 10.2 Å². The third-order valence-corrected chi connectivity index (χ3v) is 3.23. The first-order chi connectivity index (χ1) is 7.79. The third kappa shape index (κ3) is 2.76. The lowest BCUT2D eigenvalue weighted by atomic mass is 10.2. The molecule has 0 aromatic heterocycles. The van der Waals surface area contributed by atoms with E-state index in [-0.39, 0.29) is 5.91 Å². The van der Waals surface area contributed by atoms with Crippen LogP contribution in [0.5, 0.6) is 0 Å². The number of hydrogen-bond acceptors (Lipinski definition) is 2. The Labute approximate surface area is 104 Å². The van der Waals surface area contributed by atoms with Crippen LogP contribution in [0.2, 0.25) is 0 Å². The topological polar surface area (TPSA) is 32.3 Å². The molecule has 16 heavy (non-hydrogen) atoms. The summed E-state index contributed by atoms with van der Waals surface area (Å²) in [5.41, 5.74) is 2.07. The number of rotatable bonds is 3. The number of nitrogens with zero attached hydrogens (tertiary/aromatic N) is 1. The molecule has 4 heteroatoms. The van der Waals surface area contributed by atoms with Crippen molar-refractivity contribution in [2.45, 2.75) is 12.8 Å². The van der Waals surface area contributed by atoms with E-state index >= 15 is 0 Å². The molecule has 0 bridgehead atoms. The van der Waals surface area contributed by atoms with Crippen molar-refractivity contribution in [2.75, 3.05) is 28.6 Å². The molecule has 1 heterocycles. The maximum Gasteiger partial charge on any atom is 0.235 e. The van der Waals surface area contributed by atoms with Gasteiger partial charge in [0.2, 0.25) is 5.91 Å². The maximum atomic E-state index is 11.2. The van der Waals surface area contributed by atoms with Gasteiger partial charge in [-0.1, -0.05) is 22.0 Å². The van der Waals surface area contributed by atoms with E-state index in [1.54, 1.807) is 0 Å². The van der Waals surface area contributed by atoms with Crippen molar-refractivity contribution < 1.29 is 4.79 Å². The van der Waals surface area contributed by atoms with Crippen molar-refractivity contribution in [2.24, 2.45) is 0 Å². The van der Waals surface area contributed by atoms with Gasteiger partial charge in [-0.05, 0) is 31.0 Å². The van der Waals surface area contributed by atoms with E-state index in [2.05, 4.69) is 32.2 Å². The number of amides is 1. The molecule has 1 aromatic rings. The summed E-state index contributed by atoms with van der Waals surface area (Å²) < 4.78 is 0. The van der Waals surface area contributed by atoms with Crippen molar-refractivity contribution in [3.63, 3.8) is 0 Å². The summed E-state index contributed by atoms with van der Waals surface area (Å²) in [6.07, 6.45) is 2.52. The minimum absolute atomic E-state index is 0.0152. The Morgan fingerprint density at radius 1 is 1.38 bits per heavy atom. The summed E-state index contributed by atoms with van der Waals surface area (Å²) in [7, 11) is 0. The standard InChI is InChI=1S/C12H15BrN2O/c13-9-12(16)14-10-4-3-5-11(8-10)15-6-1-2-7-15/h3-5,8H,1-2,6-7,9H2,(H,14,16). The molecule has 1 saturated heterocycles. The van der Waals surface area contributed by atoms with Crippen LogP contribution in [0.3, 0.4) is 0 Å². The van der Waals surface area contributed by atoms with Gasteiger partial charge in [0.15, 0.2) is 0 Å². The smallest absolute Gasteiger partial charge is 0.235 e. The van der Waals surface area contributed by atoms with Crippen LogP contribution in [0.4, 0.5) is 11.4 Å². The van der Waals surface area contributed by atoms with E-state index in [0.29, 0.717) is 5.33 Å². The normalized spacial score (nSPS) is 15.2. The van der Waals surface area contributed by atoms with Crippen molar-refractivity contribution in [3.05, 3.63) is 24.3 Å². The second-order valence-electron chi connectivity index (χ2n) is 3.93. The average Bonchev–Trinajstić information content (AvgIpc) is 2.83. The lowest BCUT2D eigenvalue weighted by Crippen LogP contribution is -2.18. The van der Waals surface area contributed by atoms with Gasteiger partial charge in [-0.2, -0.15) is 0 Å². The molecule has 0 spiro atoms. The molecule has 1 N–H and O–H groups in total. The van der Waals surface area contributed by atoms with E-state index in [4.69, 9.17) is 0 Å². The molecule has 86 valence electrons. The quantitative estimate of drug-likeness (QED) is 0.865. The number of alkyl halides is 1. The average molecular weight is 283 g/mol. The Morgan fingerprint density at radius 2 is 2.12 bits per heavy atom. The summed E-state index contributed by atoms with van der Waals surface area (Å²) >= 11 is 3.13. The van der Waals surface area contributed by atoms with Gasteiger partial charge in [0, 0.05) is 24.5 Å². The Bertz CT molecular complexity index is 375. The van der Waals surface area contributed by atoms with Crippen LogP contribution in [0.15, 0.2) is 24.3 Å². The van der Waals surface area contributed by atoms with Gasteiger partial charge >= 0.3 is 0 Å². The van der Waals surface area contributed by atoms with Crippen molar-refractivity contribution in [3.8, 4) is 0 Å². The minimum Gasteiger partial charge on any atom is -0.371 e. The zero-order valence-electron chi connectivity index (χ0n) is 9.08. The first-order valence-corrected chi connectivity index (χ1v) is 6.62. The highest BCUT2D eigenvalue weighted by molar-refractivity contribution is 9.09.